The number of nitrogen functional groups attached to an aromatic ring is 1. The molecule has 0 amide bonds. The van der Waals surface area contributed by atoms with Crippen molar-refractivity contribution in [2.45, 2.75) is 20.8 Å². The van der Waals surface area contributed by atoms with Crippen LogP contribution in [0.2, 0.25) is 0 Å². The van der Waals surface area contributed by atoms with Gasteiger partial charge in [-0.2, -0.15) is 12.7 Å². The molecule has 0 atom stereocenters. The molecule has 0 radical (unpaired) electrons. The highest BCUT2D eigenvalue weighted by Crippen LogP contribution is 2.21. The molecule has 0 heterocycles. The van der Waals surface area contributed by atoms with Gasteiger partial charge in [0.2, 0.25) is 0 Å². The Morgan fingerprint density at radius 3 is 2.42 bits per heavy atom. The fourth-order valence-corrected chi connectivity index (χ4v) is 3.13. The molecule has 0 saturated carbocycles. The van der Waals surface area contributed by atoms with E-state index >= 15 is 0 Å². The third-order valence-corrected chi connectivity index (χ3v) is 4.50. The van der Waals surface area contributed by atoms with Crippen LogP contribution in [0.5, 0.6) is 0 Å². The molecule has 106 valence electrons. The number of nitrogens with one attached hydrogen (secondary N) is 2. The first-order valence-corrected chi connectivity index (χ1v) is 7.49. The van der Waals surface area contributed by atoms with Crippen molar-refractivity contribution >= 4 is 21.7 Å². The van der Waals surface area contributed by atoms with Crippen LogP contribution in [-0.2, 0) is 10.2 Å². The van der Waals surface area contributed by atoms with Crippen molar-refractivity contribution in [3.05, 3.63) is 29.3 Å². The van der Waals surface area contributed by atoms with E-state index in [0.717, 1.165) is 5.56 Å². The quantitative estimate of drug-likeness (QED) is 0.542. The first kappa shape index (κ1) is 15.5. The Morgan fingerprint density at radius 1 is 1.37 bits per heavy atom. The summed E-state index contributed by atoms with van der Waals surface area (Å²) in [5.41, 5.74) is 7.01. The van der Waals surface area contributed by atoms with E-state index in [4.69, 9.17) is 11.1 Å². The second-order valence-electron chi connectivity index (χ2n) is 4.10. The van der Waals surface area contributed by atoms with Crippen molar-refractivity contribution < 1.29 is 8.42 Å². The van der Waals surface area contributed by atoms with Gasteiger partial charge in [0.05, 0.1) is 5.69 Å². The summed E-state index contributed by atoms with van der Waals surface area (Å²) in [7, 11) is -3.62. The van der Waals surface area contributed by atoms with Gasteiger partial charge < -0.3 is 5.73 Å². The average Bonchev–Trinajstić information content (AvgIpc) is 2.28. The van der Waals surface area contributed by atoms with Gasteiger partial charge in [0.1, 0.15) is 5.84 Å². The van der Waals surface area contributed by atoms with Crippen molar-refractivity contribution in [2.24, 2.45) is 5.73 Å². The van der Waals surface area contributed by atoms with Crippen LogP contribution in [0.4, 0.5) is 5.69 Å². The van der Waals surface area contributed by atoms with Gasteiger partial charge in [-0.15, -0.1) is 0 Å². The fourth-order valence-electron chi connectivity index (χ4n) is 1.88. The summed E-state index contributed by atoms with van der Waals surface area (Å²) in [6, 6.07) is 5.11. The van der Waals surface area contributed by atoms with E-state index < -0.39 is 10.2 Å². The third kappa shape index (κ3) is 3.45. The zero-order valence-electron chi connectivity index (χ0n) is 11.4. The van der Waals surface area contributed by atoms with Crippen LogP contribution in [0.1, 0.15) is 25.0 Å². The topological polar surface area (TPSA) is 99.3 Å². The largest absolute Gasteiger partial charge is 0.384 e. The molecule has 0 aromatic heterocycles. The summed E-state index contributed by atoms with van der Waals surface area (Å²) in [5, 5.41) is 7.55. The van der Waals surface area contributed by atoms with Crippen molar-refractivity contribution in [3.8, 4) is 0 Å². The van der Waals surface area contributed by atoms with E-state index in [1.54, 1.807) is 39.0 Å². The predicted octanol–water partition coefficient (Wildman–Crippen LogP) is 1.28. The minimum Gasteiger partial charge on any atom is -0.384 e. The van der Waals surface area contributed by atoms with E-state index in [1.165, 1.54) is 4.31 Å². The number of anilines is 1. The zero-order chi connectivity index (χ0) is 14.6. The number of hydrogen-bond donors (Lipinski definition) is 3. The molecule has 0 saturated heterocycles. The lowest BCUT2D eigenvalue weighted by Gasteiger charge is -2.21. The second-order valence-corrected chi connectivity index (χ2v) is 5.77. The Labute approximate surface area is 114 Å². The smallest absolute Gasteiger partial charge is 0.301 e. The SMILES string of the molecule is CCN(CC)S(=O)(=O)Nc1cccc(C)c1C(=N)N. The van der Waals surface area contributed by atoms with Gasteiger partial charge in [-0.05, 0) is 18.6 Å². The lowest BCUT2D eigenvalue weighted by molar-refractivity contribution is 0.449. The number of nitrogens with zero attached hydrogens (tertiary/aromatic N) is 1. The molecule has 0 unspecified atom stereocenters. The molecule has 4 N–H and O–H groups in total. The van der Waals surface area contributed by atoms with E-state index in [9.17, 15) is 8.42 Å². The maximum absolute atomic E-state index is 12.2. The van der Waals surface area contributed by atoms with Crippen LogP contribution in [0.15, 0.2) is 18.2 Å². The molecule has 0 spiro atoms. The van der Waals surface area contributed by atoms with Crippen LogP contribution < -0.4 is 10.5 Å². The van der Waals surface area contributed by atoms with Gasteiger partial charge >= 0.3 is 10.2 Å². The standard InChI is InChI=1S/C12H20N4O2S/c1-4-16(5-2)19(17,18)15-10-8-6-7-9(3)11(10)12(13)14/h6-8,15H,4-5H2,1-3H3,(H3,13,14). The highest BCUT2D eigenvalue weighted by Gasteiger charge is 2.20. The molecule has 0 bridgehead atoms. The van der Waals surface area contributed by atoms with Crippen LogP contribution in [0, 0.1) is 12.3 Å². The van der Waals surface area contributed by atoms with Gasteiger partial charge in [-0.1, -0.05) is 26.0 Å². The molecule has 0 aliphatic carbocycles. The number of aryl methyl sites for hydroxylation is 1. The monoisotopic (exact) mass is 284 g/mol. The molecule has 1 aromatic carbocycles. The van der Waals surface area contributed by atoms with Gasteiger partial charge in [0.15, 0.2) is 0 Å². The summed E-state index contributed by atoms with van der Waals surface area (Å²) >= 11 is 0. The molecule has 7 heteroatoms. The van der Waals surface area contributed by atoms with Crippen molar-refractivity contribution in [3.63, 3.8) is 0 Å². The van der Waals surface area contributed by atoms with E-state index in [2.05, 4.69) is 4.72 Å². The first-order chi connectivity index (χ1) is 8.83. The van der Waals surface area contributed by atoms with E-state index in [1.807, 2.05) is 0 Å². The number of nitrogens with two attached hydrogens (primary N) is 1. The molecule has 0 aliphatic rings. The fraction of sp³-hybridized carbons (Fsp3) is 0.417. The number of amidine groups is 1. The Morgan fingerprint density at radius 2 is 1.95 bits per heavy atom. The highest BCUT2D eigenvalue weighted by molar-refractivity contribution is 7.90. The molecule has 1 aromatic rings. The maximum atomic E-state index is 12.2. The molecule has 6 nitrogen and oxygen atoms in total. The summed E-state index contributed by atoms with van der Waals surface area (Å²) < 4.78 is 28.1. The Hall–Kier alpha value is -1.60. The molecule has 0 aliphatic heterocycles. The average molecular weight is 284 g/mol. The molecular weight excluding hydrogens is 264 g/mol. The number of benzene rings is 1. The molecular formula is C12H20N4O2S. The minimum atomic E-state index is -3.62. The highest BCUT2D eigenvalue weighted by atomic mass is 32.2. The first-order valence-electron chi connectivity index (χ1n) is 6.05. The van der Waals surface area contributed by atoms with Gasteiger partial charge in [-0.25, -0.2) is 0 Å². The van der Waals surface area contributed by atoms with Crippen LogP contribution in [0.25, 0.3) is 0 Å². The Kier molecular flexibility index (Phi) is 4.90. The van der Waals surface area contributed by atoms with E-state index in [0.29, 0.717) is 24.3 Å². The maximum Gasteiger partial charge on any atom is 0.301 e. The Bertz CT molecular complexity index is 565. The predicted molar refractivity (Wildman–Crippen MR) is 77.7 cm³/mol. The lowest BCUT2D eigenvalue weighted by Crippen LogP contribution is -2.36. The minimum absolute atomic E-state index is 0.157. The van der Waals surface area contributed by atoms with Crippen molar-refractivity contribution in [1.29, 1.82) is 5.41 Å². The molecule has 1 rings (SSSR count). The van der Waals surface area contributed by atoms with Crippen molar-refractivity contribution in [2.75, 3.05) is 17.8 Å². The summed E-state index contributed by atoms with van der Waals surface area (Å²) in [6.45, 7) is 6.09. The summed E-state index contributed by atoms with van der Waals surface area (Å²) in [5.74, 6) is -0.157. The summed E-state index contributed by atoms with van der Waals surface area (Å²) in [4.78, 5) is 0. The third-order valence-electron chi connectivity index (χ3n) is 2.83. The van der Waals surface area contributed by atoms with Crippen molar-refractivity contribution in [1.82, 2.24) is 4.31 Å². The lowest BCUT2D eigenvalue weighted by atomic mass is 10.1. The van der Waals surface area contributed by atoms with Gasteiger partial charge in [0.25, 0.3) is 0 Å². The van der Waals surface area contributed by atoms with Gasteiger partial charge in [-0.3, -0.25) is 10.1 Å². The number of rotatable bonds is 6. The van der Waals surface area contributed by atoms with E-state index in [-0.39, 0.29) is 5.84 Å². The normalized spacial score (nSPS) is 11.6. The van der Waals surface area contributed by atoms with Crippen LogP contribution in [-0.4, -0.2) is 31.6 Å². The molecule has 19 heavy (non-hydrogen) atoms. The second kappa shape index (κ2) is 6.03. The summed E-state index contributed by atoms with van der Waals surface area (Å²) in [6.07, 6.45) is 0. The van der Waals surface area contributed by atoms with Gasteiger partial charge in [0, 0.05) is 18.7 Å². The zero-order valence-corrected chi connectivity index (χ0v) is 12.2. The Balaban J connectivity index is 3.20. The van der Waals surface area contributed by atoms with Crippen LogP contribution >= 0.6 is 0 Å². The van der Waals surface area contributed by atoms with Crippen LogP contribution in [0.3, 0.4) is 0 Å². The molecule has 0 fully saturated rings. The number of hydrogen-bond acceptors (Lipinski definition) is 3.